The van der Waals surface area contributed by atoms with Crippen LogP contribution in [0, 0.1) is 0 Å². The molecule has 5 heteroatoms. The Bertz CT molecular complexity index is 216. The minimum absolute atomic E-state index is 0. The minimum atomic E-state index is -1.89. The fraction of sp³-hybridized carbons (Fsp3) is 0. The zero-order chi connectivity index (χ0) is 6.69. The third-order valence-electron chi connectivity index (χ3n) is 0.836. The smallest absolute Gasteiger partial charge is 0.188 e. The van der Waals surface area contributed by atoms with Crippen LogP contribution < -0.4 is 0 Å². The normalized spacial score (nSPS) is 11.7. The predicted octanol–water partition coefficient (Wildman–Crippen LogP) is 0.281. The summed E-state index contributed by atoms with van der Waals surface area (Å²) in [4.78, 5) is 3.98. The third-order valence-corrected chi connectivity index (χ3v) is 1.48. The summed E-state index contributed by atoms with van der Waals surface area (Å²) in [5, 5.41) is 0. The van der Waals surface area contributed by atoms with E-state index in [0.717, 1.165) is 0 Å². The van der Waals surface area contributed by atoms with E-state index in [1.54, 1.807) is 18.3 Å². The zero-order valence-corrected chi connectivity index (χ0v) is 8.34. The van der Waals surface area contributed by atoms with Gasteiger partial charge in [0, 0.05) is 42.0 Å². The molecule has 10 heavy (non-hydrogen) atoms. The number of nitrogens with zero attached hydrogens (tertiary/aromatic N) is 1. The number of hydrogen-bond acceptors (Lipinski definition) is 2. The van der Waals surface area contributed by atoms with Gasteiger partial charge in [-0.05, 0) is 12.1 Å². The molecule has 0 aliphatic rings. The molecule has 3 nitrogen and oxygen atoms in total. The second kappa shape index (κ2) is 4.98. The molecule has 0 amide bonds. The molecule has 0 bridgehead atoms. The van der Waals surface area contributed by atoms with Crippen molar-refractivity contribution in [1.82, 2.24) is 4.98 Å². The van der Waals surface area contributed by atoms with Crippen LogP contribution >= 0.6 is 0 Å². The Morgan fingerprint density at radius 3 is 2.60 bits per heavy atom. The molecule has 1 N–H and O–H groups in total. The molecule has 0 aliphatic carbocycles. The van der Waals surface area contributed by atoms with E-state index in [1.165, 1.54) is 6.20 Å². The van der Waals surface area contributed by atoms with Crippen LogP contribution in [-0.2, 0) is 11.1 Å². The zero-order valence-electron chi connectivity index (χ0n) is 5.52. The van der Waals surface area contributed by atoms with Gasteiger partial charge in [0.2, 0.25) is 0 Å². The van der Waals surface area contributed by atoms with Crippen LogP contribution in [0.1, 0.15) is 0 Å². The van der Waals surface area contributed by atoms with Crippen molar-refractivity contribution in [2.24, 2.45) is 0 Å². The van der Waals surface area contributed by atoms with Crippen LogP contribution in [-0.4, -0.2) is 43.3 Å². The van der Waals surface area contributed by atoms with Crippen molar-refractivity contribution >= 4 is 40.6 Å². The van der Waals surface area contributed by atoms with E-state index >= 15 is 0 Å². The maximum Gasteiger partial charge on any atom is 0.188 e. The SMILES string of the molecule is O=S(O)c1cccnc1.[Na]. The Kier molecular flexibility index (Phi) is 5.11. The Hall–Kier alpha value is 0.260. The van der Waals surface area contributed by atoms with Gasteiger partial charge in [0.15, 0.2) is 11.1 Å². The Balaban J connectivity index is 0.000000810. The van der Waals surface area contributed by atoms with Crippen molar-refractivity contribution < 1.29 is 8.76 Å². The van der Waals surface area contributed by atoms with Gasteiger partial charge in [0.25, 0.3) is 0 Å². The maximum absolute atomic E-state index is 10.3. The van der Waals surface area contributed by atoms with E-state index in [2.05, 4.69) is 4.98 Å². The van der Waals surface area contributed by atoms with Gasteiger partial charge < -0.3 is 4.55 Å². The first kappa shape index (κ1) is 10.3. The Labute approximate surface area is 83.4 Å². The molecule has 0 aromatic carbocycles. The first-order chi connectivity index (χ1) is 4.30. The Morgan fingerprint density at radius 2 is 2.30 bits per heavy atom. The van der Waals surface area contributed by atoms with Gasteiger partial charge in [-0.15, -0.1) is 0 Å². The van der Waals surface area contributed by atoms with Gasteiger partial charge in [-0.2, -0.15) is 0 Å². The van der Waals surface area contributed by atoms with E-state index in [4.69, 9.17) is 4.55 Å². The number of aromatic nitrogens is 1. The summed E-state index contributed by atoms with van der Waals surface area (Å²) >= 11 is -1.89. The molecule has 0 saturated heterocycles. The predicted molar refractivity (Wildman–Crippen MR) is 39.0 cm³/mol. The van der Waals surface area contributed by atoms with Crippen LogP contribution in [0.15, 0.2) is 29.4 Å². The van der Waals surface area contributed by atoms with Crippen LogP contribution in [0.2, 0.25) is 0 Å². The van der Waals surface area contributed by atoms with Gasteiger partial charge in [0.05, 0.1) is 4.90 Å². The summed E-state index contributed by atoms with van der Waals surface area (Å²) in [6.07, 6.45) is 2.91. The fourth-order valence-corrected chi connectivity index (χ4v) is 0.796. The minimum Gasteiger partial charge on any atom is -0.302 e. The van der Waals surface area contributed by atoms with E-state index in [-0.39, 0.29) is 29.6 Å². The fourth-order valence-electron chi connectivity index (χ4n) is 0.450. The van der Waals surface area contributed by atoms with Crippen molar-refractivity contribution in [2.45, 2.75) is 4.90 Å². The van der Waals surface area contributed by atoms with Crippen molar-refractivity contribution in [3.63, 3.8) is 0 Å². The average Bonchev–Trinajstić information content (AvgIpc) is 1.90. The topological polar surface area (TPSA) is 50.2 Å². The number of rotatable bonds is 1. The quantitative estimate of drug-likeness (QED) is 0.481. The Morgan fingerprint density at radius 1 is 1.60 bits per heavy atom. The van der Waals surface area contributed by atoms with E-state index in [9.17, 15) is 4.21 Å². The molecule has 1 unspecified atom stereocenters. The van der Waals surface area contributed by atoms with E-state index in [0.29, 0.717) is 4.90 Å². The van der Waals surface area contributed by atoms with E-state index < -0.39 is 11.1 Å². The summed E-state index contributed by atoms with van der Waals surface area (Å²) in [5.74, 6) is 0. The third kappa shape index (κ3) is 2.90. The van der Waals surface area contributed by atoms with Crippen molar-refractivity contribution in [1.29, 1.82) is 0 Å². The monoisotopic (exact) mass is 166 g/mol. The molecule has 0 saturated carbocycles. The summed E-state index contributed by atoms with van der Waals surface area (Å²) in [7, 11) is 0. The van der Waals surface area contributed by atoms with Crippen LogP contribution in [0.4, 0.5) is 0 Å². The second-order valence-electron chi connectivity index (χ2n) is 1.44. The van der Waals surface area contributed by atoms with Gasteiger partial charge in [0.1, 0.15) is 0 Å². The van der Waals surface area contributed by atoms with Crippen LogP contribution in [0.25, 0.3) is 0 Å². The molecule has 1 radical (unpaired) electrons. The molecule has 0 fully saturated rings. The van der Waals surface area contributed by atoms with Crippen molar-refractivity contribution in [3.8, 4) is 0 Å². The van der Waals surface area contributed by atoms with Gasteiger partial charge in [-0.1, -0.05) is 0 Å². The van der Waals surface area contributed by atoms with Crippen LogP contribution in [0.5, 0.6) is 0 Å². The molecule has 1 atom stereocenters. The molecule has 49 valence electrons. The standard InChI is InChI=1S/C5H5NO2S.Na/c7-9(8)5-2-1-3-6-4-5;/h1-4H,(H,7,8);. The van der Waals surface area contributed by atoms with Gasteiger partial charge in [-0.25, -0.2) is 4.21 Å². The van der Waals surface area contributed by atoms with Crippen molar-refractivity contribution in [3.05, 3.63) is 24.5 Å². The molecule has 1 rings (SSSR count). The molecular formula is C5H5NNaO2S. The maximum atomic E-state index is 10.3. The number of hydrogen-bond donors (Lipinski definition) is 1. The first-order valence-corrected chi connectivity index (χ1v) is 3.42. The summed E-state index contributed by atoms with van der Waals surface area (Å²) in [6, 6.07) is 3.16. The molecule has 0 spiro atoms. The van der Waals surface area contributed by atoms with Crippen LogP contribution in [0.3, 0.4) is 0 Å². The van der Waals surface area contributed by atoms with E-state index in [1.807, 2.05) is 0 Å². The summed E-state index contributed by atoms with van der Waals surface area (Å²) < 4.78 is 18.7. The molecule has 1 aromatic heterocycles. The summed E-state index contributed by atoms with van der Waals surface area (Å²) in [6.45, 7) is 0. The van der Waals surface area contributed by atoms with Gasteiger partial charge in [-0.3, -0.25) is 4.98 Å². The second-order valence-corrected chi connectivity index (χ2v) is 2.41. The molecule has 1 heterocycles. The van der Waals surface area contributed by atoms with Crippen molar-refractivity contribution in [2.75, 3.05) is 0 Å². The number of pyridine rings is 1. The van der Waals surface area contributed by atoms with Gasteiger partial charge >= 0.3 is 0 Å². The largest absolute Gasteiger partial charge is 0.302 e. The summed E-state index contributed by atoms with van der Waals surface area (Å²) in [5.41, 5.74) is 0. The molecule has 1 aromatic rings. The molecular weight excluding hydrogens is 161 g/mol. The first-order valence-electron chi connectivity index (χ1n) is 2.31. The molecule has 0 aliphatic heterocycles. The average molecular weight is 166 g/mol.